The van der Waals surface area contributed by atoms with Crippen molar-refractivity contribution in [2.24, 2.45) is 17.8 Å². The number of rotatable bonds is 1. The molecule has 3 heteroatoms. The molecule has 2 aliphatic carbocycles. The van der Waals surface area contributed by atoms with E-state index in [0.29, 0.717) is 6.42 Å². The summed E-state index contributed by atoms with van der Waals surface area (Å²) in [7, 11) is 0. The molecular weight excluding hydrogens is 168 g/mol. The Kier molecular flexibility index (Phi) is 1.94. The van der Waals surface area contributed by atoms with Crippen molar-refractivity contribution in [3.63, 3.8) is 0 Å². The molecule has 2 aliphatic rings. The summed E-state index contributed by atoms with van der Waals surface area (Å²) in [6.45, 7) is 0. The molecule has 3 nitrogen and oxygen atoms in total. The van der Waals surface area contributed by atoms with E-state index in [-0.39, 0.29) is 17.6 Å². The first kappa shape index (κ1) is 8.48. The maximum atomic E-state index is 11.3. The molecule has 0 aromatic carbocycles. The lowest BCUT2D eigenvalue weighted by Gasteiger charge is -2.25. The van der Waals surface area contributed by atoms with Gasteiger partial charge in [-0.15, -0.1) is 0 Å². The van der Waals surface area contributed by atoms with E-state index in [1.54, 1.807) is 6.08 Å². The van der Waals surface area contributed by atoms with Gasteiger partial charge in [0.15, 0.2) is 0 Å². The first-order valence-electron chi connectivity index (χ1n) is 4.62. The molecule has 0 radical (unpaired) electrons. The van der Waals surface area contributed by atoms with Crippen LogP contribution in [0.3, 0.4) is 0 Å². The van der Waals surface area contributed by atoms with E-state index in [1.807, 2.05) is 6.08 Å². The number of aliphatic carboxylic acids is 1. The van der Waals surface area contributed by atoms with E-state index < -0.39 is 11.9 Å². The Morgan fingerprint density at radius 1 is 1.54 bits per heavy atom. The van der Waals surface area contributed by atoms with E-state index >= 15 is 0 Å². The first-order chi connectivity index (χ1) is 6.20. The van der Waals surface area contributed by atoms with Gasteiger partial charge in [0.1, 0.15) is 5.78 Å². The van der Waals surface area contributed by atoms with E-state index in [2.05, 4.69) is 0 Å². The molecule has 0 unspecified atom stereocenters. The molecule has 0 bridgehead atoms. The minimum Gasteiger partial charge on any atom is -0.481 e. The number of fused-ring (bicyclic) bond motifs is 1. The molecule has 2 rings (SSSR count). The van der Waals surface area contributed by atoms with Crippen LogP contribution in [0, 0.1) is 17.8 Å². The van der Waals surface area contributed by atoms with Gasteiger partial charge in [0.05, 0.1) is 5.92 Å². The lowest BCUT2D eigenvalue weighted by molar-refractivity contribution is -0.142. The van der Waals surface area contributed by atoms with Gasteiger partial charge in [-0.1, -0.05) is 12.2 Å². The van der Waals surface area contributed by atoms with Gasteiger partial charge in [0.2, 0.25) is 0 Å². The molecule has 0 heterocycles. The summed E-state index contributed by atoms with van der Waals surface area (Å²) in [6, 6.07) is 0. The standard InChI is InChI=1S/C10H12O3/c11-9-5-4-6-7(9)2-1-3-8(6)10(12)13/h1,3,6-8H,2,4-5H2,(H,12,13)/t6-,7-,8-/m1/s1. The molecule has 3 atom stereocenters. The monoisotopic (exact) mass is 180 g/mol. The molecule has 0 aromatic rings. The minimum atomic E-state index is -0.791. The highest BCUT2D eigenvalue weighted by Crippen LogP contribution is 2.40. The largest absolute Gasteiger partial charge is 0.481 e. The Morgan fingerprint density at radius 3 is 3.00 bits per heavy atom. The summed E-state index contributed by atoms with van der Waals surface area (Å²) >= 11 is 0. The maximum Gasteiger partial charge on any atom is 0.310 e. The molecule has 70 valence electrons. The van der Waals surface area contributed by atoms with Crippen molar-refractivity contribution in [2.75, 3.05) is 0 Å². The van der Waals surface area contributed by atoms with E-state index in [0.717, 1.165) is 12.8 Å². The quantitative estimate of drug-likeness (QED) is 0.618. The van der Waals surface area contributed by atoms with E-state index in [9.17, 15) is 9.59 Å². The van der Waals surface area contributed by atoms with Crippen LogP contribution >= 0.6 is 0 Å². The second-order valence-electron chi connectivity index (χ2n) is 3.80. The number of carboxylic acid groups (broad SMARTS) is 1. The Morgan fingerprint density at radius 2 is 2.31 bits per heavy atom. The van der Waals surface area contributed by atoms with Crippen molar-refractivity contribution in [1.82, 2.24) is 0 Å². The molecule has 13 heavy (non-hydrogen) atoms. The number of carbonyl (C=O) groups is 2. The molecule has 1 fully saturated rings. The number of ketones is 1. The lowest BCUT2D eigenvalue weighted by atomic mass is 9.78. The van der Waals surface area contributed by atoms with Crippen molar-refractivity contribution in [2.45, 2.75) is 19.3 Å². The topological polar surface area (TPSA) is 54.4 Å². The number of Topliss-reactive ketones (excluding diaryl/α,β-unsaturated/α-hetero) is 1. The molecule has 0 aromatic heterocycles. The van der Waals surface area contributed by atoms with Crippen LogP contribution in [-0.2, 0) is 9.59 Å². The first-order valence-corrected chi connectivity index (χ1v) is 4.62. The van der Waals surface area contributed by atoms with E-state index in [1.165, 1.54) is 0 Å². The summed E-state index contributed by atoms with van der Waals surface area (Å²) in [5.74, 6) is -0.910. The van der Waals surface area contributed by atoms with Crippen molar-refractivity contribution in [1.29, 1.82) is 0 Å². The Balaban J connectivity index is 2.24. The van der Waals surface area contributed by atoms with Crippen molar-refractivity contribution in [3.8, 4) is 0 Å². The van der Waals surface area contributed by atoms with Crippen LogP contribution in [0.2, 0.25) is 0 Å². The van der Waals surface area contributed by atoms with Crippen LogP contribution < -0.4 is 0 Å². The van der Waals surface area contributed by atoms with Gasteiger partial charge >= 0.3 is 5.97 Å². The van der Waals surface area contributed by atoms with Gasteiger partial charge in [-0.05, 0) is 18.8 Å². The number of allylic oxidation sites excluding steroid dienone is 1. The number of carboxylic acids is 1. The Labute approximate surface area is 76.4 Å². The van der Waals surface area contributed by atoms with Crippen LogP contribution in [0.4, 0.5) is 0 Å². The van der Waals surface area contributed by atoms with Crippen molar-refractivity contribution in [3.05, 3.63) is 12.2 Å². The third-order valence-electron chi connectivity index (χ3n) is 3.13. The maximum absolute atomic E-state index is 11.3. The fourth-order valence-corrected chi connectivity index (χ4v) is 2.45. The SMILES string of the molecule is O=C(O)[C@@H]1C=CC[C@H]2C(=O)CC[C@@H]12. The Bertz CT molecular complexity index is 280. The molecule has 0 saturated heterocycles. The van der Waals surface area contributed by atoms with Crippen LogP contribution in [0.25, 0.3) is 0 Å². The van der Waals surface area contributed by atoms with Gasteiger partial charge in [-0.3, -0.25) is 9.59 Å². The number of hydrogen-bond donors (Lipinski definition) is 1. The Hall–Kier alpha value is -1.12. The van der Waals surface area contributed by atoms with Gasteiger partial charge in [0, 0.05) is 12.3 Å². The summed E-state index contributed by atoms with van der Waals surface area (Å²) in [5, 5.41) is 8.91. The van der Waals surface area contributed by atoms with Gasteiger partial charge in [0.25, 0.3) is 0 Å². The highest BCUT2D eigenvalue weighted by molar-refractivity contribution is 5.85. The fourth-order valence-electron chi connectivity index (χ4n) is 2.45. The number of hydrogen-bond acceptors (Lipinski definition) is 2. The van der Waals surface area contributed by atoms with Crippen LogP contribution in [0.5, 0.6) is 0 Å². The summed E-state index contributed by atoms with van der Waals surface area (Å²) in [4.78, 5) is 22.2. The minimum absolute atomic E-state index is 0.00824. The highest BCUT2D eigenvalue weighted by atomic mass is 16.4. The second-order valence-corrected chi connectivity index (χ2v) is 3.80. The molecule has 0 aliphatic heterocycles. The zero-order valence-corrected chi connectivity index (χ0v) is 7.27. The summed E-state index contributed by atoms with van der Waals surface area (Å²) < 4.78 is 0. The third kappa shape index (κ3) is 1.28. The predicted molar refractivity (Wildman–Crippen MR) is 46.1 cm³/mol. The van der Waals surface area contributed by atoms with E-state index in [4.69, 9.17) is 5.11 Å². The van der Waals surface area contributed by atoms with Gasteiger partial charge in [-0.25, -0.2) is 0 Å². The molecular formula is C10H12O3. The average Bonchev–Trinajstić information content (AvgIpc) is 2.48. The normalized spacial score (nSPS) is 37.5. The van der Waals surface area contributed by atoms with Gasteiger partial charge < -0.3 is 5.11 Å². The van der Waals surface area contributed by atoms with Crippen LogP contribution in [0.15, 0.2) is 12.2 Å². The average molecular weight is 180 g/mol. The lowest BCUT2D eigenvalue weighted by Crippen LogP contribution is -2.29. The smallest absolute Gasteiger partial charge is 0.310 e. The zero-order valence-electron chi connectivity index (χ0n) is 7.27. The molecule has 0 amide bonds. The van der Waals surface area contributed by atoms with Crippen LogP contribution in [0.1, 0.15) is 19.3 Å². The predicted octanol–water partition coefficient (Wildman–Crippen LogP) is 1.24. The second kappa shape index (κ2) is 2.98. The zero-order chi connectivity index (χ0) is 9.42. The third-order valence-corrected chi connectivity index (χ3v) is 3.13. The van der Waals surface area contributed by atoms with Crippen molar-refractivity contribution >= 4 is 11.8 Å². The molecule has 1 saturated carbocycles. The summed E-state index contributed by atoms with van der Waals surface area (Å²) in [6.07, 6.45) is 5.64. The summed E-state index contributed by atoms with van der Waals surface area (Å²) in [5.41, 5.74) is 0. The van der Waals surface area contributed by atoms with Crippen LogP contribution in [-0.4, -0.2) is 16.9 Å². The van der Waals surface area contributed by atoms with Gasteiger partial charge in [-0.2, -0.15) is 0 Å². The molecule has 1 N–H and O–H groups in total. The number of carbonyl (C=O) groups excluding carboxylic acids is 1. The molecule has 0 spiro atoms. The highest BCUT2D eigenvalue weighted by Gasteiger charge is 2.42. The van der Waals surface area contributed by atoms with Crippen molar-refractivity contribution < 1.29 is 14.7 Å². The fraction of sp³-hybridized carbons (Fsp3) is 0.600.